The molecule has 0 unspecified atom stereocenters. The Bertz CT molecular complexity index is 946. The number of hydrogen-bond donors (Lipinski definition) is 2. The van der Waals surface area contributed by atoms with E-state index in [-0.39, 0.29) is 17.6 Å². The molecule has 0 fully saturated rings. The van der Waals surface area contributed by atoms with Crippen molar-refractivity contribution in [2.24, 2.45) is 0 Å². The number of ketones is 1. The third-order valence-electron chi connectivity index (χ3n) is 5.07. The number of amides is 1. The predicted molar refractivity (Wildman–Crippen MR) is 104 cm³/mol. The monoisotopic (exact) mass is 359 g/mol. The van der Waals surface area contributed by atoms with Crippen LogP contribution < -0.4 is 10.6 Å². The lowest BCUT2D eigenvalue weighted by Crippen LogP contribution is -2.35. The first kappa shape index (κ1) is 17.2. The summed E-state index contributed by atoms with van der Waals surface area (Å²) in [7, 11) is 0. The van der Waals surface area contributed by atoms with Crippen molar-refractivity contribution < 1.29 is 9.59 Å². The first-order chi connectivity index (χ1) is 13.1. The van der Waals surface area contributed by atoms with Gasteiger partial charge in [0.25, 0.3) is 5.91 Å². The number of carbonyl (C=O) groups is 2. The van der Waals surface area contributed by atoms with Gasteiger partial charge >= 0.3 is 0 Å². The van der Waals surface area contributed by atoms with Crippen molar-refractivity contribution in [1.82, 2.24) is 10.3 Å². The van der Waals surface area contributed by atoms with E-state index in [9.17, 15) is 9.59 Å². The lowest BCUT2D eigenvalue weighted by atomic mass is 9.75. The minimum absolute atomic E-state index is 0.122. The van der Waals surface area contributed by atoms with E-state index in [2.05, 4.69) is 15.6 Å². The highest BCUT2D eigenvalue weighted by atomic mass is 16.2. The SMILES string of the molecule is CC1=C(C(=O)Nc2cccnc2)[C@H](c2ccccc2)C2=C(CCCC2=O)N1. The van der Waals surface area contributed by atoms with Crippen LogP contribution in [0.5, 0.6) is 0 Å². The second kappa shape index (κ2) is 7.19. The summed E-state index contributed by atoms with van der Waals surface area (Å²) in [6.07, 6.45) is 5.47. The van der Waals surface area contributed by atoms with E-state index in [0.717, 1.165) is 35.4 Å². The van der Waals surface area contributed by atoms with Gasteiger partial charge in [0.15, 0.2) is 5.78 Å². The number of anilines is 1. The molecule has 1 atom stereocenters. The van der Waals surface area contributed by atoms with E-state index in [4.69, 9.17) is 0 Å². The molecule has 1 aliphatic carbocycles. The summed E-state index contributed by atoms with van der Waals surface area (Å²) in [5.74, 6) is -0.449. The minimum Gasteiger partial charge on any atom is -0.362 e. The molecular weight excluding hydrogens is 338 g/mol. The summed E-state index contributed by atoms with van der Waals surface area (Å²) in [4.78, 5) is 30.0. The molecule has 27 heavy (non-hydrogen) atoms. The zero-order valence-electron chi connectivity index (χ0n) is 15.2. The molecule has 136 valence electrons. The maximum Gasteiger partial charge on any atom is 0.254 e. The molecule has 2 aromatic rings. The summed E-state index contributed by atoms with van der Waals surface area (Å²) in [5.41, 5.74) is 4.64. The highest BCUT2D eigenvalue weighted by molar-refractivity contribution is 6.09. The van der Waals surface area contributed by atoms with Crippen LogP contribution in [0.1, 0.15) is 37.7 Å². The molecule has 0 saturated heterocycles. The van der Waals surface area contributed by atoms with Gasteiger partial charge in [0.1, 0.15) is 0 Å². The van der Waals surface area contributed by atoms with E-state index in [1.165, 1.54) is 0 Å². The lowest BCUT2D eigenvalue weighted by molar-refractivity contribution is -0.116. The predicted octanol–water partition coefficient (Wildman–Crippen LogP) is 3.69. The zero-order chi connectivity index (χ0) is 18.8. The second-order valence-electron chi connectivity index (χ2n) is 6.87. The van der Waals surface area contributed by atoms with E-state index in [1.54, 1.807) is 24.5 Å². The van der Waals surface area contributed by atoms with Gasteiger partial charge in [0.2, 0.25) is 0 Å². The van der Waals surface area contributed by atoms with Crippen molar-refractivity contribution in [2.45, 2.75) is 32.1 Å². The van der Waals surface area contributed by atoms with Gasteiger partial charge < -0.3 is 10.6 Å². The average Bonchev–Trinajstić information content (AvgIpc) is 2.68. The highest BCUT2D eigenvalue weighted by Crippen LogP contribution is 2.42. The Kier molecular flexibility index (Phi) is 4.59. The number of aromatic nitrogens is 1. The molecule has 1 aliphatic heterocycles. The molecule has 2 aliphatic rings. The normalized spacial score (nSPS) is 19.4. The van der Waals surface area contributed by atoms with Crippen molar-refractivity contribution in [3.63, 3.8) is 0 Å². The average molecular weight is 359 g/mol. The Morgan fingerprint density at radius 1 is 1.15 bits per heavy atom. The molecule has 0 spiro atoms. The molecule has 2 heterocycles. The third kappa shape index (κ3) is 3.28. The summed E-state index contributed by atoms with van der Waals surface area (Å²) in [5, 5.41) is 6.25. The number of nitrogens with one attached hydrogen (secondary N) is 2. The van der Waals surface area contributed by atoms with Crippen LogP contribution in [0.25, 0.3) is 0 Å². The van der Waals surface area contributed by atoms with Crippen molar-refractivity contribution in [3.05, 3.63) is 83.0 Å². The van der Waals surface area contributed by atoms with Gasteiger partial charge in [-0.25, -0.2) is 0 Å². The minimum atomic E-state index is -0.355. The van der Waals surface area contributed by atoms with E-state index in [0.29, 0.717) is 17.7 Å². The van der Waals surface area contributed by atoms with Crippen LogP contribution >= 0.6 is 0 Å². The highest BCUT2D eigenvalue weighted by Gasteiger charge is 2.38. The quantitative estimate of drug-likeness (QED) is 0.877. The Morgan fingerprint density at radius 3 is 2.70 bits per heavy atom. The Balaban J connectivity index is 1.78. The number of benzene rings is 1. The molecule has 0 bridgehead atoms. The molecule has 0 saturated carbocycles. The van der Waals surface area contributed by atoms with Gasteiger partial charge in [-0.05, 0) is 37.5 Å². The van der Waals surface area contributed by atoms with Crippen LogP contribution in [-0.4, -0.2) is 16.7 Å². The van der Waals surface area contributed by atoms with Crippen molar-refractivity contribution in [3.8, 4) is 0 Å². The number of carbonyl (C=O) groups excluding carboxylic acids is 2. The Labute approximate surface area is 158 Å². The van der Waals surface area contributed by atoms with Gasteiger partial charge in [-0.3, -0.25) is 14.6 Å². The van der Waals surface area contributed by atoms with Crippen molar-refractivity contribution >= 4 is 17.4 Å². The fourth-order valence-corrected chi connectivity index (χ4v) is 3.90. The Hall–Kier alpha value is -3.21. The summed E-state index contributed by atoms with van der Waals surface area (Å²) >= 11 is 0. The van der Waals surface area contributed by atoms with Gasteiger partial charge in [-0.15, -0.1) is 0 Å². The number of allylic oxidation sites excluding steroid dienone is 3. The molecule has 2 N–H and O–H groups in total. The molecule has 1 aromatic carbocycles. The van der Waals surface area contributed by atoms with Gasteiger partial charge in [0.05, 0.1) is 11.9 Å². The molecule has 4 rings (SSSR count). The summed E-state index contributed by atoms with van der Waals surface area (Å²) in [6, 6.07) is 13.4. The summed E-state index contributed by atoms with van der Waals surface area (Å²) < 4.78 is 0. The fraction of sp³-hybridized carbons (Fsp3) is 0.227. The second-order valence-corrected chi connectivity index (χ2v) is 6.87. The van der Waals surface area contributed by atoms with E-state index < -0.39 is 0 Å². The lowest BCUT2D eigenvalue weighted by Gasteiger charge is -2.34. The fourth-order valence-electron chi connectivity index (χ4n) is 3.90. The molecule has 1 aromatic heterocycles. The van der Waals surface area contributed by atoms with E-state index in [1.807, 2.05) is 37.3 Å². The topological polar surface area (TPSA) is 71.1 Å². The number of hydrogen-bond acceptors (Lipinski definition) is 4. The van der Waals surface area contributed by atoms with Crippen molar-refractivity contribution in [1.29, 1.82) is 0 Å². The zero-order valence-corrected chi connectivity index (χ0v) is 15.2. The van der Waals surface area contributed by atoms with Gasteiger partial charge in [-0.1, -0.05) is 30.3 Å². The van der Waals surface area contributed by atoms with Crippen LogP contribution in [0.2, 0.25) is 0 Å². The first-order valence-electron chi connectivity index (χ1n) is 9.15. The number of pyridine rings is 1. The number of nitrogens with zero attached hydrogens (tertiary/aromatic N) is 1. The molecule has 1 amide bonds. The standard InChI is InChI=1S/C22H21N3O2/c1-14-19(22(27)25-16-9-6-12-23-13-16)20(15-7-3-2-4-8-15)21-17(24-14)10-5-11-18(21)26/h2-4,6-9,12-13,20,24H,5,10-11H2,1H3,(H,25,27)/t20-/m0/s1. The van der Waals surface area contributed by atoms with Crippen LogP contribution in [0.3, 0.4) is 0 Å². The largest absolute Gasteiger partial charge is 0.362 e. The molecule has 5 heteroatoms. The van der Waals surface area contributed by atoms with Crippen LogP contribution in [-0.2, 0) is 9.59 Å². The molecule has 5 nitrogen and oxygen atoms in total. The number of rotatable bonds is 3. The van der Waals surface area contributed by atoms with Gasteiger partial charge in [-0.2, -0.15) is 0 Å². The molecule has 0 radical (unpaired) electrons. The number of Topliss-reactive ketones (excluding diaryl/α,β-unsaturated/α-hetero) is 1. The number of dihydropyridines is 1. The smallest absolute Gasteiger partial charge is 0.254 e. The molecular formula is C22H21N3O2. The maximum absolute atomic E-state index is 13.2. The van der Waals surface area contributed by atoms with Crippen LogP contribution in [0.15, 0.2) is 77.4 Å². The summed E-state index contributed by atoms with van der Waals surface area (Å²) in [6.45, 7) is 1.90. The van der Waals surface area contributed by atoms with Crippen molar-refractivity contribution in [2.75, 3.05) is 5.32 Å². The Morgan fingerprint density at radius 2 is 1.96 bits per heavy atom. The van der Waals surface area contributed by atoms with Crippen LogP contribution in [0, 0.1) is 0 Å². The maximum atomic E-state index is 13.2. The van der Waals surface area contributed by atoms with Crippen LogP contribution in [0.4, 0.5) is 5.69 Å². The third-order valence-corrected chi connectivity index (χ3v) is 5.07. The van der Waals surface area contributed by atoms with Gasteiger partial charge in [0, 0.05) is 41.1 Å². The first-order valence-corrected chi connectivity index (χ1v) is 9.15. The van der Waals surface area contributed by atoms with E-state index >= 15 is 0 Å².